The molecule has 0 unspecified atom stereocenters. The van der Waals surface area contributed by atoms with E-state index in [9.17, 15) is 14.7 Å². The molecule has 1 aliphatic heterocycles. The molecule has 0 saturated carbocycles. The third-order valence-corrected chi connectivity index (χ3v) is 5.04. The number of aliphatic carboxylic acids is 1. The molecule has 1 heterocycles. The fraction of sp³-hybridized carbons (Fsp3) is 0.579. The number of hydrogen-bond donors (Lipinski definition) is 1. The van der Waals surface area contributed by atoms with Gasteiger partial charge in [-0.2, -0.15) is 0 Å². The van der Waals surface area contributed by atoms with E-state index in [4.69, 9.17) is 4.74 Å². The van der Waals surface area contributed by atoms with Gasteiger partial charge >= 0.3 is 5.97 Å². The summed E-state index contributed by atoms with van der Waals surface area (Å²) in [6.07, 6.45) is 2.89. The predicted octanol–water partition coefficient (Wildman–Crippen LogP) is 2.66. The Balaban J connectivity index is 1.98. The van der Waals surface area contributed by atoms with E-state index in [1.165, 1.54) is 11.1 Å². The highest BCUT2D eigenvalue weighted by molar-refractivity contribution is 5.80. The molecule has 132 valence electrons. The molecule has 0 radical (unpaired) electrons. The second kappa shape index (κ2) is 8.29. The average Bonchev–Trinajstić information content (AvgIpc) is 2.59. The van der Waals surface area contributed by atoms with Crippen molar-refractivity contribution in [1.29, 1.82) is 0 Å². The second-order valence-electron chi connectivity index (χ2n) is 6.67. The molecule has 1 amide bonds. The number of aryl methyl sites for hydroxylation is 2. The quantitative estimate of drug-likeness (QED) is 0.833. The lowest BCUT2D eigenvalue weighted by Gasteiger charge is -2.40. The lowest BCUT2D eigenvalue weighted by atomic mass is 9.77. The summed E-state index contributed by atoms with van der Waals surface area (Å²) in [6, 6.07) is 8.05. The van der Waals surface area contributed by atoms with E-state index in [0.29, 0.717) is 38.8 Å². The van der Waals surface area contributed by atoms with E-state index in [0.717, 1.165) is 6.42 Å². The third-order valence-electron chi connectivity index (χ3n) is 5.04. The summed E-state index contributed by atoms with van der Waals surface area (Å²) in [6.45, 7) is 3.38. The van der Waals surface area contributed by atoms with Crippen molar-refractivity contribution in [2.75, 3.05) is 26.8 Å². The van der Waals surface area contributed by atoms with Crippen LogP contribution in [0.15, 0.2) is 24.3 Å². The van der Waals surface area contributed by atoms with Crippen LogP contribution in [0.5, 0.6) is 0 Å². The van der Waals surface area contributed by atoms with Crippen molar-refractivity contribution < 1.29 is 19.4 Å². The Morgan fingerprint density at radius 3 is 2.75 bits per heavy atom. The van der Waals surface area contributed by atoms with Gasteiger partial charge < -0.3 is 14.7 Å². The summed E-state index contributed by atoms with van der Waals surface area (Å²) in [5.41, 5.74) is 1.49. The largest absolute Gasteiger partial charge is 0.481 e. The predicted molar refractivity (Wildman–Crippen MR) is 91.9 cm³/mol. The number of ether oxygens (including phenoxy) is 1. The Morgan fingerprint density at radius 1 is 1.33 bits per heavy atom. The number of likely N-dealkylation sites (tertiary alicyclic amines) is 1. The molecule has 1 atom stereocenters. The van der Waals surface area contributed by atoms with Gasteiger partial charge in [0.15, 0.2) is 0 Å². The smallest absolute Gasteiger partial charge is 0.311 e. The normalized spacial score (nSPS) is 20.8. The summed E-state index contributed by atoms with van der Waals surface area (Å²) in [5, 5.41) is 9.67. The maximum absolute atomic E-state index is 12.6. The summed E-state index contributed by atoms with van der Waals surface area (Å²) in [5.74, 6) is -0.781. The number of piperidine rings is 1. The van der Waals surface area contributed by atoms with E-state index in [2.05, 4.69) is 0 Å². The summed E-state index contributed by atoms with van der Waals surface area (Å²) in [4.78, 5) is 26.1. The Labute approximate surface area is 143 Å². The van der Waals surface area contributed by atoms with E-state index in [1.807, 2.05) is 31.2 Å². The molecule has 1 aromatic rings. The molecule has 24 heavy (non-hydrogen) atoms. The molecule has 5 nitrogen and oxygen atoms in total. The lowest BCUT2D eigenvalue weighted by molar-refractivity contribution is -0.156. The van der Waals surface area contributed by atoms with Gasteiger partial charge in [0.2, 0.25) is 5.91 Å². The topological polar surface area (TPSA) is 66.8 Å². The molecule has 1 N–H and O–H groups in total. The van der Waals surface area contributed by atoms with Gasteiger partial charge in [0, 0.05) is 33.2 Å². The van der Waals surface area contributed by atoms with Crippen molar-refractivity contribution in [3.05, 3.63) is 35.4 Å². The van der Waals surface area contributed by atoms with Gasteiger partial charge in [-0.25, -0.2) is 0 Å². The number of benzene rings is 1. The van der Waals surface area contributed by atoms with E-state index < -0.39 is 11.4 Å². The maximum atomic E-state index is 12.6. The first kappa shape index (κ1) is 18.5. The first-order chi connectivity index (χ1) is 11.5. The van der Waals surface area contributed by atoms with Crippen LogP contribution in [0.3, 0.4) is 0 Å². The fourth-order valence-corrected chi connectivity index (χ4v) is 3.42. The molecule has 1 fully saturated rings. The fourth-order valence-electron chi connectivity index (χ4n) is 3.42. The highest BCUT2D eigenvalue weighted by Crippen LogP contribution is 2.34. The Kier molecular flexibility index (Phi) is 6.37. The van der Waals surface area contributed by atoms with Crippen molar-refractivity contribution in [1.82, 2.24) is 4.90 Å². The SMILES string of the molecule is COCC[C@]1(C(=O)O)CCCN(C(=O)CCc2ccccc2C)C1. The molecule has 1 saturated heterocycles. The summed E-state index contributed by atoms with van der Waals surface area (Å²) in [7, 11) is 1.57. The number of hydrogen-bond acceptors (Lipinski definition) is 3. The molecule has 1 aliphatic rings. The number of carboxylic acids is 1. The highest BCUT2D eigenvalue weighted by Gasteiger charge is 2.43. The summed E-state index contributed by atoms with van der Waals surface area (Å²) >= 11 is 0. The van der Waals surface area contributed by atoms with Crippen LogP contribution in [0.4, 0.5) is 0 Å². The maximum Gasteiger partial charge on any atom is 0.311 e. The van der Waals surface area contributed by atoms with Gasteiger partial charge in [-0.3, -0.25) is 9.59 Å². The number of nitrogens with zero attached hydrogens (tertiary/aromatic N) is 1. The van der Waals surface area contributed by atoms with Crippen LogP contribution >= 0.6 is 0 Å². The number of carbonyl (C=O) groups is 2. The minimum Gasteiger partial charge on any atom is -0.481 e. The monoisotopic (exact) mass is 333 g/mol. The molecule has 0 bridgehead atoms. The second-order valence-corrected chi connectivity index (χ2v) is 6.67. The van der Waals surface area contributed by atoms with Crippen molar-refractivity contribution in [3.63, 3.8) is 0 Å². The van der Waals surface area contributed by atoms with Gasteiger partial charge in [-0.05, 0) is 43.7 Å². The first-order valence-corrected chi connectivity index (χ1v) is 8.53. The molecular formula is C19H27NO4. The van der Waals surface area contributed by atoms with Crippen molar-refractivity contribution in [2.24, 2.45) is 5.41 Å². The minimum absolute atomic E-state index is 0.0426. The lowest BCUT2D eigenvalue weighted by Crippen LogP contribution is -2.50. The van der Waals surface area contributed by atoms with Gasteiger partial charge in [0.25, 0.3) is 0 Å². The Bertz CT molecular complexity index is 586. The molecule has 0 aromatic heterocycles. The third kappa shape index (κ3) is 4.35. The van der Waals surface area contributed by atoms with Gasteiger partial charge in [0.1, 0.15) is 0 Å². The van der Waals surface area contributed by atoms with Crippen LogP contribution in [-0.2, 0) is 20.7 Å². The van der Waals surface area contributed by atoms with Gasteiger partial charge in [-0.15, -0.1) is 0 Å². The van der Waals surface area contributed by atoms with Gasteiger partial charge in [0.05, 0.1) is 5.41 Å². The minimum atomic E-state index is -0.868. The molecule has 2 rings (SSSR count). The van der Waals surface area contributed by atoms with E-state index >= 15 is 0 Å². The number of rotatable bonds is 7. The van der Waals surface area contributed by atoms with Crippen molar-refractivity contribution in [2.45, 2.75) is 39.0 Å². The van der Waals surface area contributed by atoms with Crippen LogP contribution in [0.2, 0.25) is 0 Å². The summed E-state index contributed by atoms with van der Waals surface area (Å²) < 4.78 is 5.07. The highest BCUT2D eigenvalue weighted by atomic mass is 16.5. The van der Waals surface area contributed by atoms with Crippen molar-refractivity contribution in [3.8, 4) is 0 Å². The van der Waals surface area contributed by atoms with Gasteiger partial charge in [-0.1, -0.05) is 24.3 Å². The molecule has 0 aliphatic carbocycles. The number of amides is 1. The van der Waals surface area contributed by atoms with Crippen LogP contribution in [0.25, 0.3) is 0 Å². The standard InChI is InChI=1S/C19H27NO4/c1-15-6-3-4-7-16(15)8-9-17(21)20-12-5-10-19(14-20,18(22)23)11-13-24-2/h3-4,6-7H,5,8-14H2,1-2H3,(H,22,23)/t19-/m1/s1. The van der Waals surface area contributed by atoms with Crippen LogP contribution in [0.1, 0.15) is 36.8 Å². The molecule has 5 heteroatoms. The van der Waals surface area contributed by atoms with Crippen LogP contribution in [-0.4, -0.2) is 48.7 Å². The number of carbonyl (C=O) groups excluding carboxylic acids is 1. The molecule has 0 spiro atoms. The Morgan fingerprint density at radius 2 is 2.08 bits per heavy atom. The van der Waals surface area contributed by atoms with Crippen LogP contribution < -0.4 is 0 Å². The zero-order valence-electron chi connectivity index (χ0n) is 14.6. The number of carboxylic acid groups (broad SMARTS) is 1. The molecular weight excluding hydrogens is 306 g/mol. The van der Waals surface area contributed by atoms with E-state index in [-0.39, 0.29) is 12.5 Å². The Hall–Kier alpha value is -1.88. The molecule has 1 aromatic carbocycles. The average molecular weight is 333 g/mol. The van der Waals surface area contributed by atoms with Crippen molar-refractivity contribution >= 4 is 11.9 Å². The van der Waals surface area contributed by atoms with E-state index in [1.54, 1.807) is 12.0 Å². The number of methoxy groups -OCH3 is 1. The zero-order chi connectivity index (χ0) is 17.6. The zero-order valence-corrected chi connectivity index (χ0v) is 14.6. The van der Waals surface area contributed by atoms with Crippen LogP contribution in [0, 0.1) is 12.3 Å². The first-order valence-electron chi connectivity index (χ1n) is 8.53.